The van der Waals surface area contributed by atoms with Gasteiger partial charge in [0.05, 0.1) is 0 Å². The highest BCUT2D eigenvalue weighted by Crippen LogP contribution is 2.04. The Morgan fingerprint density at radius 1 is 1.42 bits per heavy atom. The lowest BCUT2D eigenvalue weighted by molar-refractivity contribution is 0.402. The van der Waals surface area contributed by atoms with E-state index in [4.69, 9.17) is 0 Å². The SMILES string of the molecule is CNc1ccc(CN(C)C)cn1. The van der Waals surface area contributed by atoms with E-state index in [1.54, 1.807) is 0 Å². The number of hydrogen-bond donors (Lipinski definition) is 1. The summed E-state index contributed by atoms with van der Waals surface area (Å²) in [5.74, 6) is 0.914. The van der Waals surface area contributed by atoms with Crippen molar-refractivity contribution in [2.75, 3.05) is 26.5 Å². The van der Waals surface area contributed by atoms with Gasteiger partial charge in [0, 0.05) is 19.8 Å². The van der Waals surface area contributed by atoms with Crippen LogP contribution in [-0.2, 0) is 6.54 Å². The summed E-state index contributed by atoms with van der Waals surface area (Å²) in [6.07, 6.45) is 1.89. The average molecular weight is 165 g/mol. The molecule has 0 aliphatic heterocycles. The molecule has 3 heteroatoms. The molecule has 0 aliphatic carbocycles. The predicted octanol–water partition coefficient (Wildman–Crippen LogP) is 1.18. The van der Waals surface area contributed by atoms with Gasteiger partial charge in [-0.25, -0.2) is 4.98 Å². The van der Waals surface area contributed by atoms with Crippen molar-refractivity contribution in [3.8, 4) is 0 Å². The third kappa shape index (κ3) is 2.51. The molecule has 1 rings (SSSR count). The monoisotopic (exact) mass is 165 g/mol. The summed E-state index contributed by atoms with van der Waals surface area (Å²) in [5.41, 5.74) is 1.24. The minimum Gasteiger partial charge on any atom is -0.373 e. The first-order chi connectivity index (χ1) is 5.72. The molecule has 1 aromatic rings. The number of hydrogen-bond acceptors (Lipinski definition) is 3. The van der Waals surface area contributed by atoms with Crippen molar-refractivity contribution in [2.24, 2.45) is 0 Å². The van der Waals surface area contributed by atoms with Gasteiger partial charge in [0.2, 0.25) is 0 Å². The average Bonchev–Trinajstić information content (AvgIpc) is 2.05. The molecule has 0 aliphatic rings. The van der Waals surface area contributed by atoms with E-state index >= 15 is 0 Å². The maximum atomic E-state index is 4.21. The van der Waals surface area contributed by atoms with Gasteiger partial charge in [-0.1, -0.05) is 6.07 Å². The van der Waals surface area contributed by atoms with Gasteiger partial charge in [-0.05, 0) is 25.7 Å². The van der Waals surface area contributed by atoms with Crippen LogP contribution in [0.5, 0.6) is 0 Å². The van der Waals surface area contributed by atoms with Crippen molar-refractivity contribution in [2.45, 2.75) is 6.54 Å². The van der Waals surface area contributed by atoms with Gasteiger partial charge in [-0.3, -0.25) is 0 Å². The Bertz CT molecular complexity index is 228. The summed E-state index contributed by atoms with van der Waals surface area (Å²) in [7, 11) is 5.96. The first-order valence-electron chi connectivity index (χ1n) is 4.00. The highest BCUT2D eigenvalue weighted by Gasteiger charge is 1.95. The molecule has 0 amide bonds. The fourth-order valence-electron chi connectivity index (χ4n) is 1.03. The van der Waals surface area contributed by atoms with E-state index in [0.717, 1.165) is 12.4 Å². The first kappa shape index (κ1) is 9.00. The van der Waals surface area contributed by atoms with Gasteiger partial charge in [-0.2, -0.15) is 0 Å². The fourth-order valence-corrected chi connectivity index (χ4v) is 1.03. The lowest BCUT2D eigenvalue weighted by Crippen LogP contribution is -2.10. The topological polar surface area (TPSA) is 28.2 Å². The van der Waals surface area contributed by atoms with Crippen molar-refractivity contribution in [1.82, 2.24) is 9.88 Å². The smallest absolute Gasteiger partial charge is 0.125 e. The second-order valence-electron chi connectivity index (χ2n) is 3.04. The quantitative estimate of drug-likeness (QED) is 0.729. The van der Waals surface area contributed by atoms with E-state index < -0.39 is 0 Å². The van der Waals surface area contributed by atoms with E-state index in [0.29, 0.717) is 0 Å². The van der Waals surface area contributed by atoms with Crippen LogP contribution in [0.3, 0.4) is 0 Å². The number of pyridine rings is 1. The third-order valence-corrected chi connectivity index (χ3v) is 1.58. The molecule has 0 atom stereocenters. The standard InChI is InChI=1S/C9H15N3/c1-10-9-5-4-8(6-11-9)7-12(2)3/h4-6H,7H2,1-3H3,(H,10,11). The summed E-state index contributed by atoms with van der Waals surface area (Å²) in [5, 5.41) is 2.98. The summed E-state index contributed by atoms with van der Waals surface area (Å²) in [6.45, 7) is 0.941. The Balaban J connectivity index is 2.65. The Morgan fingerprint density at radius 2 is 2.17 bits per heavy atom. The lowest BCUT2D eigenvalue weighted by Gasteiger charge is -2.09. The summed E-state index contributed by atoms with van der Waals surface area (Å²) in [4.78, 5) is 6.33. The predicted molar refractivity (Wildman–Crippen MR) is 51.2 cm³/mol. The minimum absolute atomic E-state index is 0.914. The minimum atomic E-state index is 0.914. The van der Waals surface area contributed by atoms with E-state index in [9.17, 15) is 0 Å². The van der Waals surface area contributed by atoms with Gasteiger partial charge in [-0.15, -0.1) is 0 Å². The molecule has 0 aromatic carbocycles. The van der Waals surface area contributed by atoms with Crippen molar-refractivity contribution in [1.29, 1.82) is 0 Å². The normalized spacial score (nSPS) is 10.3. The van der Waals surface area contributed by atoms with Crippen LogP contribution in [0.25, 0.3) is 0 Å². The van der Waals surface area contributed by atoms with Crippen LogP contribution in [0.15, 0.2) is 18.3 Å². The van der Waals surface area contributed by atoms with Gasteiger partial charge in [0.1, 0.15) is 5.82 Å². The molecule has 12 heavy (non-hydrogen) atoms. The van der Waals surface area contributed by atoms with Gasteiger partial charge in [0.25, 0.3) is 0 Å². The summed E-state index contributed by atoms with van der Waals surface area (Å²) in [6, 6.07) is 4.07. The van der Waals surface area contributed by atoms with Crippen LogP contribution in [0.1, 0.15) is 5.56 Å². The molecule has 0 fully saturated rings. The number of nitrogens with zero attached hydrogens (tertiary/aromatic N) is 2. The highest BCUT2D eigenvalue weighted by atomic mass is 15.1. The zero-order valence-corrected chi connectivity index (χ0v) is 7.83. The van der Waals surface area contributed by atoms with Crippen molar-refractivity contribution in [3.05, 3.63) is 23.9 Å². The maximum absolute atomic E-state index is 4.21. The van der Waals surface area contributed by atoms with Crippen molar-refractivity contribution >= 4 is 5.82 Å². The van der Waals surface area contributed by atoms with E-state index in [2.05, 4.69) is 21.3 Å². The molecule has 1 aromatic heterocycles. The zero-order chi connectivity index (χ0) is 8.97. The van der Waals surface area contributed by atoms with Crippen LogP contribution in [0, 0.1) is 0 Å². The van der Waals surface area contributed by atoms with E-state index in [1.165, 1.54) is 5.56 Å². The van der Waals surface area contributed by atoms with Gasteiger partial charge in [0.15, 0.2) is 0 Å². The lowest BCUT2D eigenvalue weighted by atomic mass is 10.3. The summed E-state index contributed by atoms with van der Waals surface area (Å²) >= 11 is 0. The molecule has 0 bridgehead atoms. The first-order valence-corrected chi connectivity index (χ1v) is 4.00. The summed E-state index contributed by atoms with van der Waals surface area (Å²) < 4.78 is 0. The molecule has 1 N–H and O–H groups in total. The maximum Gasteiger partial charge on any atom is 0.125 e. The molecule has 0 saturated carbocycles. The van der Waals surface area contributed by atoms with Crippen LogP contribution in [-0.4, -0.2) is 31.0 Å². The molecule has 0 radical (unpaired) electrons. The van der Waals surface area contributed by atoms with E-state index in [-0.39, 0.29) is 0 Å². The number of rotatable bonds is 3. The molecule has 0 spiro atoms. The van der Waals surface area contributed by atoms with Crippen LogP contribution >= 0.6 is 0 Å². The molecule has 1 heterocycles. The van der Waals surface area contributed by atoms with Crippen LogP contribution < -0.4 is 5.32 Å². The highest BCUT2D eigenvalue weighted by molar-refractivity contribution is 5.34. The molecule has 3 nitrogen and oxygen atoms in total. The number of anilines is 1. The number of nitrogens with one attached hydrogen (secondary N) is 1. The molecular weight excluding hydrogens is 150 g/mol. The zero-order valence-electron chi connectivity index (χ0n) is 7.83. The Kier molecular flexibility index (Phi) is 3.05. The number of aromatic nitrogens is 1. The second-order valence-corrected chi connectivity index (χ2v) is 3.04. The Labute approximate surface area is 73.4 Å². The second kappa shape index (κ2) is 4.07. The molecular formula is C9H15N3. The molecule has 0 saturated heterocycles. The van der Waals surface area contributed by atoms with Crippen LogP contribution in [0.2, 0.25) is 0 Å². The van der Waals surface area contributed by atoms with Crippen LogP contribution in [0.4, 0.5) is 5.82 Å². The molecule has 66 valence electrons. The Hall–Kier alpha value is -1.09. The van der Waals surface area contributed by atoms with Gasteiger partial charge >= 0.3 is 0 Å². The largest absolute Gasteiger partial charge is 0.373 e. The van der Waals surface area contributed by atoms with Gasteiger partial charge < -0.3 is 10.2 Å². The Morgan fingerprint density at radius 3 is 2.58 bits per heavy atom. The molecule has 0 unspecified atom stereocenters. The third-order valence-electron chi connectivity index (χ3n) is 1.58. The van der Waals surface area contributed by atoms with Crippen molar-refractivity contribution in [3.63, 3.8) is 0 Å². The van der Waals surface area contributed by atoms with Crippen molar-refractivity contribution < 1.29 is 0 Å². The fraction of sp³-hybridized carbons (Fsp3) is 0.444. The van der Waals surface area contributed by atoms with E-state index in [1.807, 2.05) is 33.4 Å².